The SMILES string of the molecule is Cc1nsc(NC(=O)CCc2ccccc2N)n1. The zero-order chi connectivity index (χ0) is 13.0. The van der Waals surface area contributed by atoms with Gasteiger partial charge in [0.25, 0.3) is 0 Å². The van der Waals surface area contributed by atoms with E-state index in [1.165, 1.54) is 11.5 Å². The van der Waals surface area contributed by atoms with Gasteiger partial charge in [0.2, 0.25) is 11.0 Å². The number of carbonyl (C=O) groups excluding carboxylic acids is 1. The Kier molecular flexibility index (Phi) is 3.88. The molecule has 0 aliphatic carbocycles. The average molecular weight is 262 g/mol. The molecule has 0 aliphatic heterocycles. The Labute approximate surface area is 109 Å². The highest BCUT2D eigenvalue weighted by atomic mass is 32.1. The molecule has 1 aromatic carbocycles. The second-order valence-corrected chi connectivity index (χ2v) is 4.65. The summed E-state index contributed by atoms with van der Waals surface area (Å²) in [5, 5.41) is 3.26. The molecule has 1 heterocycles. The van der Waals surface area contributed by atoms with Crippen LogP contribution in [0.2, 0.25) is 0 Å². The molecule has 18 heavy (non-hydrogen) atoms. The number of hydrogen-bond acceptors (Lipinski definition) is 5. The van der Waals surface area contributed by atoms with Gasteiger partial charge < -0.3 is 11.1 Å². The topological polar surface area (TPSA) is 80.9 Å². The minimum absolute atomic E-state index is 0.0746. The Morgan fingerprint density at radius 2 is 2.22 bits per heavy atom. The molecule has 2 rings (SSSR count). The summed E-state index contributed by atoms with van der Waals surface area (Å²) in [6.45, 7) is 1.79. The van der Waals surface area contributed by atoms with Crippen molar-refractivity contribution in [2.45, 2.75) is 19.8 Å². The van der Waals surface area contributed by atoms with Gasteiger partial charge in [-0.1, -0.05) is 18.2 Å². The van der Waals surface area contributed by atoms with Crippen LogP contribution in [-0.4, -0.2) is 15.3 Å². The minimum Gasteiger partial charge on any atom is -0.399 e. The minimum atomic E-state index is -0.0746. The summed E-state index contributed by atoms with van der Waals surface area (Å²) in [5.41, 5.74) is 7.52. The maximum atomic E-state index is 11.7. The summed E-state index contributed by atoms with van der Waals surface area (Å²) in [7, 11) is 0. The molecule has 0 fully saturated rings. The quantitative estimate of drug-likeness (QED) is 0.826. The van der Waals surface area contributed by atoms with Crippen molar-refractivity contribution < 1.29 is 4.79 Å². The second kappa shape index (κ2) is 5.59. The lowest BCUT2D eigenvalue weighted by molar-refractivity contribution is -0.116. The molecule has 0 spiro atoms. The first-order valence-corrected chi connectivity index (χ1v) is 6.36. The molecule has 0 unspecified atom stereocenters. The molecule has 0 saturated carbocycles. The number of para-hydroxylation sites is 1. The molecule has 3 N–H and O–H groups in total. The van der Waals surface area contributed by atoms with Crippen LogP contribution in [0.5, 0.6) is 0 Å². The van der Waals surface area contributed by atoms with E-state index >= 15 is 0 Å². The van der Waals surface area contributed by atoms with Crippen molar-refractivity contribution in [2.75, 3.05) is 11.1 Å². The smallest absolute Gasteiger partial charge is 0.226 e. The highest BCUT2D eigenvalue weighted by Gasteiger charge is 2.07. The fraction of sp³-hybridized carbons (Fsp3) is 0.250. The Bertz CT molecular complexity index is 553. The third kappa shape index (κ3) is 3.27. The van der Waals surface area contributed by atoms with Crippen molar-refractivity contribution >= 4 is 28.3 Å². The zero-order valence-electron chi connectivity index (χ0n) is 10.0. The number of rotatable bonds is 4. The highest BCUT2D eigenvalue weighted by Crippen LogP contribution is 2.14. The molecule has 0 saturated heterocycles. The summed E-state index contributed by atoms with van der Waals surface area (Å²) < 4.78 is 4.00. The number of aromatic nitrogens is 2. The summed E-state index contributed by atoms with van der Waals surface area (Å²) in [5.74, 6) is 0.594. The number of aryl methyl sites for hydroxylation is 2. The van der Waals surface area contributed by atoms with E-state index in [2.05, 4.69) is 14.7 Å². The van der Waals surface area contributed by atoms with Gasteiger partial charge in [0.05, 0.1) is 0 Å². The van der Waals surface area contributed by atoms with Crippen molar-refractivity contribution in [3.63, 3.8) is 0 Å². The first-order chi connectivity index (χ1) is 8.65. The fourth-order valence-corrected chi connectivity index (χ4v) is 2.13. The standard InChI is InChI=1S/C12H14N4OS/c1-8-14-12(18-16-8)15-11(17)7-6-9-4-2-3-5-10(9)13/h2-5H,6-7,13H2,1H3,(H,14,15,16,17). The highest BCUT2D eigenvalue weighted by molar-refractivity contribution is 7.09. The van der Waals surface area contributed by atoms with E-state index in [0.29, 0.717) is 23.8 Å². The zero-order valence-corrected chi connectivity index (χ0v) is 10.8. The number of nitrogens with one attached hydrogen (secondary N) is 1. The predicted molar refractivity (Wildman–Crippen MR) is 72.5 cm³/mol. The largest absolute Gasteiger partial charge is 0.399 e. The van der Waals surface area contributed by atoms with E-state index in [1.54, 1.807) is 6.92 Å². The van der Waals surface area contributed by atoms with E-state index in [0.717, 1.165) is 11.3 Å². The van der Waals surface area contributed by atoms with Gasteiger partial charge in [-0.2, -0.15) is 4.37 Å². The number of amides is 1. The maximum Gasteiger partial charge on any atom is 0.226 e. The lowest BCUT2D eigenvalue weighted by atomic mass is 10.1. The molecule has 6 heteroatoms. The number of nitrogens with zero attached hydrogens (tertiary/aromatic N) is 2. The molecule has 0 atom stereocenters. The monoisotopic (exact) mass is 262 g/mol. The molecule has 0 aliphatic rings. The third-order valence-corrected chi connectivity index (χ3v) is 3.17. The number of benzene rings is 1. The van der Waals surface area contributed by atoms with Gasteiger partial charge >= 0.3 is 0 Å². The number of anilines is 2. The van der Waals surface area contributed by atoms with Gasteiger partial charge in [-0.3, -0.25) is 4.79 Å². The molecule has 0 bridgehead atoms. The Morgan fingerprint density at radius 3 is 2.89 bits per heavy atom. The van der Waals surface area contributed by atoms with E-state index in [-0.39, 0.29) is 5.91 Å². The first kappa shape index (κ1) is 12.5. The molecular formula is C12H14N4OS. The van der Waals surface area contributed by atoms with Crippen LogP contribution in [0.25, 0.3) is 0 Å². The van der Waals surface area contributed by atoms with Crippen molar-refractivity contribution in [1.82, 2.24) is 9.36 Å². The van der Waals surface area contributed by atoms with Crippen LogP contribution >= 0.6 is 11.5 Å². The van der Waals surface area contributed by atoms with Crippen molar-refractivity contribution in [3.8, 4) is 0 Å². The van der Waals surface area contributed by atoms with Gasteiger partial charge in [0.1, 0.15) is 5.82 Å². The summed E-state index contributed by atoms with van der Waals surface area (Å²) in [6.07, 6.45) is 1.00. The molecule has 94 valence electrons. The number of hydrogen-bond donors (Lipinski definition) is 2. The molecule has 2 aromatic rings. The molecule has 1 aromatic heterocycles. The lowest BCUT2D eigenvalue weighted by Crippen LogP contribution is -2.12. The van der Waals surface area contributed by atoms with E-state index in [4.69, 9.17) is 5.73 Å². The lowest BCUT2D eigenvalue weighted by Gasteiger charge is -2.04. The Morgan fingerprint density at radius 1 is 1.44 bits per heavy atom. The van der Waals surface area contributed by atoms with E-state index in [9.17, 15) is 4.79 Å². The van der Waals surface area contributed by atoms with Crippen molar-refractivity contribution in [3.05, 3.63) is 35.7 Å². The van der Waals surface area contributed by atoms with Crippen LogP contribution < -0.4 is 11.1 Å². The summed E-state index contributed by atoms with van der Waals surface area (Å²) in [4.78, 5) is 15.8. The molecular weight excluding hydrogens is 248 g/mol. The van der Waals surface area contributed by atoms with Crippen LogP contribution in [-0.2, 0) is 11.2 Å². The van der Waals surface area contributed by atoms with Crippen LogP contribution in [0.1, 0.15) is 17.8 Å². The molecule has 0 radical (unpaired) electrons. The normalized spacial score (nSPS) is 10.3. The second-order valence-electron chi connectivity index (χ2n) is 3.89. The number of carbonyl (C=O) groups is 1. The van der Waals surface area contributed by atoms with Crippen LogP contribution in [0.4, 0.5) is 10.8 Å². The van der Waals surface area contributed by atoms with Gasteiger partial charge in [-0.15, -0.1) is 0 Å². The predicted octanol–water partition coefficient (Wildman–Crippen LogP) is 2.00. The van der Waals surface area contributed by atoms with Gasteiger partial charge in [-0.05, 0) is 25.0 Å². The maximum absolute atomic E-state index is 11.7. The number of nitrogen functional groups attached to an aromatic ring is 1. The fourth-order valence-electron chi connectivity index (χ4n) is 1.54. The van der Waals surface area contributed by atoms with Gasteiger partial charge in [-0.25, -0.2) is 4.98 Å². The Hall–Kier alpha value is -1.95. The summed E-state index contributed by atoms with van der Waals surface area (Å²) in [6, 6.07) is 7.56. The number of nitrogens with two attached hydrogens (primary N) is 1. The van der Waals surface area contributed by atoms with E-state index in [1.807, 2.05) is 24.3 Å². The van der Waals surface area contributed by atoms with Gasteiger partial charge in [0.15, 0.2) is 0 Å². The van der Waals surface area contributed by atoms with E-state index < -0.39 is 0 Å². The third-order valence-electron chi connectivity index (χ3n) is 2.45. The van der Waals surface area contributed by atoms with Crippen molar-refractivity contribution in [2.24, 2.45) is 0 Å². The van der Waals surface area contributed by atoms with Crippen LogP contribution in [0.3, 0.4) is 0 Å². The first-order valence-electron chi connectivity index (χ1n) is 5.58. The average Bonchev–Trinajstić information content (AvgIpc) is 2.74. The summed E-state index contributed by atoms with van der Waals surface area (Å²) >= 11 is 1.18. The van der Waals surface area contributed by atoms with Gasteiger partial charge in [0, 0.05) is 23.6 Å². The molecule has 5 nitrogen and oxygen atoms in total. The van der Waals surface area contributed by atoms with Crippen LogP contribution in [0.15, 0.2) is 24.3 Å². The van der Waals surface area contributed by atoms with Crippen molar-refractivity contribution in [1.29, 1.82) is 0 Å². The van der Waals surface area contributed by atoms with Crippen LogP contribution in [0, 0.1) is 6.92 Å². The Balaban J connectivity index is 1.87. The molecule has 1 amide bonds.